The van der Waals surface area contributed by atoms with Gasteiger partial charge in [0.05, 0.1) is 11.4 Å². The first kappa shape index (κ1) is 14.4. The Labute approximate surface area is 134 Å². The quantitative estimate of drug-likeness (QED) is 0.853. The van der Waals surface area contributed by atoms with Crippen LogP contribution in [-0.2, 0) is 11.3 Å². The molecule has 1 amide bonds. The molecule has 0 saturated heterocycles. The van der Waals surface area contributed by atoms with Crippen LogP contribution >= 0.6 is 27.7 Å². The predicted octanol–water partition coefficient (Wildman–Crippen LogP) is 4.24. The van der Waals surface area contributed by atoms with Crippen molar-refractivity contribution in [2.24, 2.45) is 0 Å². The number of hydrogen-bond donors (Lipinski definition) is 2. The summed E-state index contributed by atoms with van der Waals surface area (Å²) in [4.78, 5) is 12.4. The number of benzene rings is 2. The molecule has 0 unspecified atom stereocenters. The number of hydrogen-bond acceptors (Lipinski definition) is 3. The maximum atomic E-state index is 13.7. The van der Waals surface area contributed by atoms with Gasteiger partial charge in [0.2, 0.25) is 5.91 Å². The average Bonchev–Trinajstić information content (AvgIpc) is 2.46. The zero-order valence-electron chi connectivity index (χ0n) is 11.0. The van der Waals surface area contributed by atoms with Crippen LogP contribution in [0.25, 0.3) is 0 Å². The van der Waals surface area contributed by atoms with Gasteiger partial charge >= 0.3 is 0 Å². The molecule has 0 aliphatic carbocycles. The molecule has 2 aromatic carbocycles. The molecular weight excluding hydrogens is 355 g/mol. The molecular formula is C15H12BrFN2OS. The maximum absolute atomic E-state index is 13.7. The Kier molecular flexibility index (Phi) is 4.17. The van der Waals surface area contributed by atoms with Crippen molar-refractivity contribution in [3.63, 3.8) is 0 Å². The maximum Gasteiger partial charge on any atom is 0.234 e. The van der Waals surface area contributed by atoms with Crippen LogP contribution < -0.4 is 10.6 Å². The molecule has 0 bridgehead atoms. The van der Waals surface area contributed by atoms with Crippen LogP contribution in [0.15, 0.2) is 45.8 Å². The smallest absolute Gasteiger partial charge is 0.234 e. The number of fused-ring (bicyclic) bond motifs is 1. The summed E-state index contributed by atoms with van der Waals surface area (Å²) in [7, 11) is 0. The third-order valence-electron chi connectivity index (χ3n) is 3.11. The SMILES string of the molecule is O=C1CSc2ccc(NCc3ccc(Br)cc3F)cc2N1. The molecule has 108 valence electrons. The zero-order valence-corrected chi connectivity index (χ0v) is 13.4. The highest BCUT2D eigenvalue weighted by molar-refractivity contribution is 9.10. The van der Waals surface area contributed by atoms with Crippen LogP contribution in [0, 0.1) is 5.82 Å². The molecule has 2 N–H and O–H groups in total. The Morgan fingerprint density at radius 2 is 2.14 bits per heavy atom. The molecule has 21 heavy (non-hydrogen) atoms. The molecule has 6 heteroatoms. The second-order valence-corrected chi connectivity index (χ2v) is 6.57. The minimum absolute atomic E-state index is 0.00334. The molecule has 1 aliphatic heterocycles. The number of amides is 1. The van der Waals surface area contributed by atoms with E-state index in [4.69, 9.17) is 0 Å². The summed E-state index contributed by atoms with van der Waals surface area (Å²) in [6, 6.07) is 10.8. The van der Waals surface area contributed by atoms with Crippen molar-refractivity contribution in [3.8, 4) is 0 Å². The van der Waals surface area contributed by atoms with E-state index < -0.39 is 0 Å². The van der Waals surface area contributed by atoms with Gasteiger partial charge in [-0.15, -0.1) is 11.8 Å². The summed E-state index contributed by atoms with van der Waals surface area (Å²) < 4.78 is 14.5. The van der Waals surface area contributed by atoms with E-state index in [1.807, 2.05) is 24.3 Å². The molecule has 0 fully saturated rings. The fourth-order valence-corrected chi connectivity index (χ4v) is 3.18. The molecule has 3 rings (SSSR count). The fourth-order valence-electron chi connectivity index (χ4n) is 2.06. The van der Waals surface area contributed by atoms with E-state index in [1.165, 1.54) is 17.8 Å². The molecule has 0 aromatic heterocycles. The van der Waals surface area contributed by atoms with E-state index in [9.17, 15) is 9.18 Å². The Morgan fingerprint density at radius 3 is 2.95 bits per heavy atom. The topological polar surface area (TPSA) is 41.1 Å². The number of halogens is 2. The summed E-state index contributed by atoms with van der Waals surface area (Å²) in [5.74, 6) is 0.200. The van der Waals surface area contributed by atoms with Crippen LogP contribution in [0.3, 0.4) is 0 Å². The highest BCUT2D eigenvalue weighted by Crippen LogP contribution is 2.33. The number of carbonyl (C=O) groups excluding carboxylic acids is 1. The highest BCUT2D eigenvalue weighted by Gasteiger charge is 2.15. The van der Waals surface area contributed by atoms with Gasteiger partial charge in [0.25, 0.3) is 0 Å². The van der Waals surface area contributed by atoms with Crippen LogP contribution in [0.5, 0.6) is 0 Å². The van der Waals surface area contributed by atoms with Crippen molar-refractivity contribution in [1.82, 2.24) is 0 Å². The highest BCUT2D eigenvalue weighted by atomic mass is 79.9. The number of rotatable bonds is 3. The second kappa shape index (κ2) is 6.07. The Hall–Kier alpha value is -1.53. The summed E-state index contributed by atoms with van der Waals surface area (Å²) in [6.07, 6.45) is 0. The van der Waals surface area contributed by atoms with Gasteiger partial charge in [-0.2, -0.15) is 0 Å². The Morgan fingerprint density at radius 1 is 1.29 bits per heavy atom. The van der Waals surface area contributed by atoms with Crippen LogP contribution in [0.1, 0.15) is 5.56 Å². The van der Waals surface area contributed by atoms with E-state index in [1.54, 1.807) is 6.07 Å². The van der Waals surface area contributed by atoms with Crippen molar-refractivity contribution >= 4 is 45.0 Å². The van der Waals surface area contributed by atoms with Gasteiger partial charge in [0, 0.05) is 27.2 Å². The average molecular weight is 367 g/mol. The van der Waals surface area contributed by atoms with Crippen molar-refractivity contribution in [1.29, 1.82) is 0 Å². The summed E-state index contributed by atoms with van der Waals surface area (Å²) in [5, 5.41) is 6.01. The predicted molar refractivity (Wildman–Crippen MR) is 87.2 cm³/mol. The molecule has 3 nitrogen and oxygen atoms in total. The van der Waals surface area contributed by atoms with Crippen molar-refractivity contribution < 1.29 is 9.18 Å². The first-order chi connectivity index (χ1) is 10.1. The van der Waals surface area contributed by atoms with Gasteiger partial charge in [-0.25, -0.2) is 4.39 Å². The lowest BCUT2D eigenvalue weighted by Gasteiger charge is -2.17. The minimum atomic E-state index is -0.251. The normalized spacial score (nSPS) is 13.5. The van der Waals surface area contributed by atoms with Gasteiger partial charge in [-0.3, -0.25) is 4.79 Å². The standard InChI is InChI=1S/C15H12BrFN2OS/c16-10-2-1-9(12(17)5-10)7-18-11-3-4-14-13(6-11)19-15(20)8-21-14/h1-6,18H,7-8H2,(H,19,20). The summed E-state index contributed by atoms with van der Waals surface area (Å²) >= 11 is 4.76. The van der Waals surface area contributed by atoms with Gasteiger partial charge in [0.1, 0.15) is 5.82 Å². The van der Waals surface area contributed by atoms with Gasteiger partial charge in [-0.05, 0) is 30.3 Å². The third kappa shape index (κ3) is 3.39. The summed E-state index contributed by atoms with van der Waals surface area (Å²) in [6.45, 7) is 0.388. The second-order valence-electron chi connectivity index (χ2n) is 4.64. The van der Waals surface area contributed by atoms with E-state index in [0.29, 0.717) is 17.9 Å². The van der Waals surface area contributed by atoms with Crippen molar-refractivity contribution in [2.75, 3.05) is 16.4 Å². The van der Waals surface area contributed by atoms with Gasteiger partial charge < -0.3 is 10.6 Å². The van der Waals surface area contributed by atoms with E-state index in [2.05, 4.69) is 26.6 Å². The Bertz CT molecular complexity index is 708. The lowest BCUT2D eigenvalue weighted by molar-refractivity contribution is -0.113. The molecule has 0 atom stereocenters. The molecule has 0 spiro atoms. The van der Waals surface area contributed by atoms with E-state index >= 15 is 0 Å². The number of thioether (sulfide) groups is 1. The van der Waals surface area contributed by atoms with Gasteiger partial charge in [-0.1, -0.05) is 22.0 Å². The number of nitrogens with one attached hydrogen (secondary N) is 2. The fraction of sp³-hybridized carbons (Fsp3) is 0.133. The monoisotopic (exact) mass is 366 g/mol. The molecule has 2 aromatic rings. The van der Waals surface area contributed by atoms with Crippen LogP contribution in [0.2, 0.25) is 0 Å². The van der Waals surface area contributed by atoms with Gasteiger partial charge in [0.15, 0.2) is 0 Å². The minimum Gasteiger partial charge on any atom is -0.381 e. The van der Waals surface area contributed by atoms with Crippen molar-refractivity contribution in [3.05, 3.63) is 52.3 Å². The number of anilines is 2. The molecule has 1 aliphatic rings. The van der Waals surface area contributed by atoms with Crippen molar-refractivity contribution in [2.45, 2.75) is 11.4 Å². The molecule has 1 heterocycles. The first-order valence-electron chi connectivity index (χ1n) is 6.36. The zero-order chi connectivity index (χ0) is 14.8. The first-order valence-corrected chi connectivity index (χ1v) is 8.14. The molecule has 0 radical (unpaired) electrons. The van der Waals surface area contributed by atoms with E-state index in [-0.39, 0.29) is 11.7 Å². The van der Waals surface area contributed by atoms with Crippen LogP contribution in [-0.4, -0.2) is 11.7 Å². The summed E-state index contributed by atoms with van der Waals surface area (Å²) in [5.41, 5.74) is 2.24. The lowest BCUT2D eigenvalue weighted by Crippen LogP contribution is -2.18. The molecule has 0 saturated carbocycles. The Balaban J connectivity index is 1.73. The third-order valence-corrected chi connectivity index (χ3v) is 4.68. The van der Waals surface area contributed by atoms with Crippen LogP contribution in [0.4, 0.5) is 15.8 Å². The largest absolute Gasteiger partial charge is 0.381 e. The number of carbonyl (C=O) groups is 1. The van der Waals surface area contributed by atoms with E-state index in [0.717, 1.165) is 20.7 Å². The lowest BCUT2D eigenvalue weighted by atomic mass is 10.2.